The van der Waals surface area contributed by atoms with E-state index in [0.29, 0.717) is 22.8 Å². The minimum atomic E-state index is -0.602. The number of ketones is 1. The molecule has 1 fully saturated rings. The Bertz CT molecular complexity index is 969. The van der Waals surface area contributed by atoms with Crippen LogP contribution in [0.15, 0.2) is 59.4 Å². The Kier molecular flexibility index (Phi) is 13.1. The van der Waals surface area contributed by atoms with Crippen LogP contribution in [0.25, 0.3) is 0 Å². The molecule has 2 rings (SSSR count). The second-order valence-electron chi connectivity index (χ2n) is 8.70. The van der Waals surface area contributed by atoms with Crippen molar-refractivity contribution in [3.8, 4) is 0 Å². The molecule has 0 radical (unpaired) electrons. The Hall–Kier alpha value is -3.42. The molecular weight excluding hydrogens is 444 g/mol. The lowest BCUT2D eigenvalue weighted by molar-refractivity contribution is -0.142. The van der Waals surface area contributed by atoms with Gasteiger partial charge >= 0.3 is 5.97 Å². The molecule has 0 aromatic carbocycles. The van der Waals surface area contributed by atoms with Gasteiger partial charge in [-0.05, 0) is 57.3 Å². The Morgan fingerprint density at radius 1 is 1.20 bits per heavy atom. The maximum absolute atomic E-state index is 12.8. The van der Waals surface area contributed by atoms with Crippen LogP contribution in [-0.4, -0.2) is 33.9 Å². The third-order valence-corrected chi connectivity index (χ3v) is 5.50. The van der Waals surface area contributed by atoms with Gasteiger partial charge in [-0.1, -0.05) is 45.3 Å². The van der Waals surface area contributed by atoms with Crippen LogP contribution in [0.2, 0.25) is 0 Å². The number of carboxylic acid groups (broad SMARTS) is 1. The summed E-state index contributed by atoms with van der Waals surface area (Å²) in [5.41, 5.74) is 8.72. The van der Waals surface area contributed by atoms with Crippen LogP contribution >= 0.6 is 0 Å². The Morgan fingerprint density at radius 2 is 1.86 bits per heavy atom. The van der Waals surface area contributed by atoms with Gasteiger partial charge in [0.25, 0.3) is 0 Å². The van der Waals surface area contributed by atoms with Crippen LogP contribution < -0.4 is 11.1 Å². The SMILES string of the molecule is C=C(C)/C(=C\C=C(/C)C(=O)/C(Nc1cncc(CCC)n1)=C(/C)N)OC.O=C(O)C1CCCCC1. The summed E-state index contributed by atoms with van der Waals surface area (Å²) in [5.74, 6) is 0.250. The second kappa shape index (κ2) is 15.5. The number of hydrogen-bond donors (Lipinski definition) is 3. The highest BCUT2D eigenvalue weighted by molar-refractivity contribution is 6.10. The summed E-state index contributed by atoms with van der Waals surface area (Å²) in [6, 6.07) is 0. The van der Waals surface area contributed by atoms with Gasteiger partial charge in [-0.2, -0.15) is 0 Å². The molecule has 1 aliphatic rings. The van der Waals surface area contributed by atoms with Crippen molar-refractivity contribution in [3.05, 3.63) is 65.1 Å². The minimum Gasteiger partial charge on any atom is -0.497 e. The number of nitrogens with zero attached hydrogens (tertiary/aromatic N) is 2. The molecule has 1 aromatic heterocycles. The van der Waals surface area contributed by atoms with Crippen molar-refractivity contribution in [1.82, 2.24) is 9.97 Å². The van der Waals surface area contributed by atoms with Gasteiger partial charge in [0.1, 0.15) is 17.3 Å². The fraction of sp³-hybridized carbons (Fsp3) is 0.481. The highest BCUT2D eigenvalue weighted by atomic mass is 16.5. The highest BCUT2D eigenvalue weighted by Gasteiger charge is 2.19. The van der Waals surface area contributed by atoms with Gasteiger partial charge in [0.15, 0.2) is 0 Å². The summed E-state index contributed by atoms with van der Waals surface area (Å²) in [5, 5.41) is 11.5. The first kappa shape index (κ1) is 29.6. The molecule has 4 N–H and O–H groups in total. The van der Waals surface area contributed by atoms with Gasteiger partial charge in [0.2, 0.25) is 5.78 Å². The molecule has 1 aromatic rings. The van der Waals surface area contributed by atoms with E-state index < -0.39 is 5.97 Å². The monoisotopic (exact) mass is 484 g/mol. The van der Waals surface area contributed by atoms with E-state index in [9.17, 15) is 9.59 Å². The number of carbonyl (C=O) groups excluding carboxylic acids is 1. The second-order valence-corrected chi connectivity index (χ2v) is 8.70. The molecule has 192 valence electrons. The zero-order chi connectivity index (χ0) is 26.4. The molecule has 0 spiro atoms. The molecule has 0 atom stereocenters. The predicted molar refractivity (Wildman–Crippen MR) is 139 cm³/mol. The Labute approximate surface area is 209 Å². The van der Waals surface area contributed by atoms with Gasteiger partial charge in [-0.15, -0.1) is 0 Å². The number of nitrogens with two attached hydrogens (primary N) is 1. The molecule has 0 bridgehead atoms. The van der Waals surface area contributed by atoms with E-state index in [1.165, 1.54) is 6.42 Å². The number of methoxy groups -OCH3 is 1. The molecule has 8 heteroatoms. The standard InChI is InChI=1S/C20H28N4O2.C7H12O2/c1-7-8-16-11-22-12-18(23-16)24-19(15(5)21)20(25)14(4)9-10-17(26-6)13(2)3;8-7(9)6-4-2-1-3-5-6/h9-12H,2,7-8,21H2,1,3-6H3,(H,23,24);6H,1-5H2,(H,8,9)/b14-9+,17-10+,19-15+;. The number of aryl methyl sites for hydroxylation is 1. The number of nitrogens with one attached hydrogen (secondary N) is 1. The van der Waals surface area contributed by atoms with Crippen molar-refractivity contribution in [1.29, 1.82) is 0 Å². The van der Waals surface area contributed by atoms with E-state index in [-0.39, 0.29) is 17.4 Å². The number of carbonyl (C=O) groups is 2. The number of Topliss-reactive ketones (excluding diaryl/α,β-unsaturated/α-hetero) is 1. The highest BCUT2D eigenvalue weighted by Crippen LogP contribution is 2.23. The number of carboxylic acids is 1. The van der Waals surface area contributed by atoms with Crippen molar-refractivity contribution in [2.75, 3.05) is 12.4 Å². The van der Waals surface area contributed by atoms with Gasteiger partial charge in [0.05, 0.1) is 24.9 Å². The molecule has 0 amide bonds. The molecule has 0 saturated heterocycles. The van der Waals surface area contributed by atoms with Crippen molar-refractivity contribution in [2.45, 2.75) is 72.6 Å². The van der Waals surface area contributed by atoms with Crippen LogP contribution in [-0.2, 0) is 20.7 Å². The van der Waals surface area contributed by atoms with E-state index in [1.54, 1.807) is 45.5 Å². The van der Waals surface area contributed by atoms with Crippen LogP contribution in [0.4, 0.5) is 5.82 Å². The molecule has 0 aliphatic heterocycles. The van der Waals surface area contributed by atoms with Gasteiger partial charge in [-0.3, -0.25) is 14.6 Å². The van der Waals surface area contributed by atoms with Crippen molar-refractivity contribution in [3.63, 3.8) is 0 Å². The summed E-state index contributed by atoms with van der Waals surface area (Å²) in [4.78, 5) is 31.7. The Balaban J connectivity index is 0.000000566. The molecule has 1 heterocycles. The molecule has 0 unspecified atom stereocenters. The normalized spacial score (nSPS) is 15.3. The van der Waals surface area contributed by atoms with Gasteiger partial charge in [0, 0.05) is 11.9 Å². The predicted octanol–water partition coefficient (Wildman–Crippen LogP) is 5.30. The van der Waals surface area contributed by atoms with Crippen molar-refractivity contribution < 1.29 is 19.4 Å². The largest absolute Gasteiger partial charge is 0.497 e. The maximum atomic E-state index is 12.8. The van der Waals surface area contributed by atoms with Crippen LogP contribution in [0.1, 0.15) is 71.9 Å². The van der Waals surface area contributed by atoms with E-state index in [0.717, 1.165) is 49.8 Å². The Morgan fingerprint density at radius 3 is 2.34 bits per heavy atom. The summed E-state index contributed by atoms with van der Waals surface area (Å²) >= 11 is 0. The third kappa shape index (κ3) is 10.6. The summed E-state index contributed by atoms with van der Waals surface area (Å²) in [6.07, 6.45) is 13.7. The average Bonchev–Trinajstić information content (AvgIpc) is 2.83. The van der Waals surface area contributed by atoms with Crippen LogP contribution in [0.5, 0.6) is 0 Å². The number of aromatic nitrogens is 2. The van der Waals surface area contributed by atoms with Crippen molar-refractivity contribution in [2.24, 2.45) is 11.7 Å². The van der Waals surface area contributed by atoms with Gasteiger partial charge < -0.3 is 20.9 Å². The van der Waals surface area contributed by atoms with E-state index >= 15 is 0 Å². The average molecular weight is 485 g/mol. The lowest BCUT2D eigenvalue weighted by Gasteiger charge is -2.16. The fourth-order valence-corrected chi connectivity index (χ4v) is 3.51. The zero-order valence-corrected chi connectivity index (χ0v) is 21.7. The molecule has 1 aliphatic carbocycles. The first-order valence-electron chi connectivity index (χ1n) is 12.0. The summed E-state index contributed by atoms with van der Waals surface area (Å²) in [7, 11) is 1.56. The lowest BCUT2D eigenvalue weighted by atomic mass is 9.90. The summed E-state index contributed by atoms with van der Waals surface area (Å²) in [6.45, 7) is 11.1. The fourth-order valence-electron chi connectivity index (χ4n) is 3.51. The number of allylic oxidation sites excluding steroid dienone is 5. The lowest BCUT2D eigenvalue weighted by Crippen LogP contribution is -2.18. The zero-order valence-electron chi connectivity index (χ0n) is 21.7. The van der Waals surface area contributed by atoms with Gasteiger partial charge in [-0.25, -0.2) is 4.98 Å². The van der Waals surface area contributed by atoms with E-state index in [2.05, 4.69) is 28.8 Å². The number of anilines is 1. The topological polar surface area (TPSA) is 127 Å². The van der Waals surface area contributed by atoms with E-state index in [1.807, 2.05) is 6.92 Å². The number of hydrogen-bond acceptors (Lipinski definition) is 7. The first-order chi connectivity index (χ1) is 16.6. The van der Waals surface area contributed by atoms with Crippen LogP contribution in [0, 0.1) is 5.92 Å². The number of rotatable bonds is 10. The number of ether oxygens (including phenoxy) is 1. The molecule has 1 saturated carbocycles. The molecular formula is C27H40N4O4. The molecule has 8 nitrogen and oxygen atoms in total. The quantitative estimate of drug-likeness (QED) is 0.232. The summed E-state index contributed by atoms with van der Waals surface area (Å²) < 4.78 is 5.22. The van der Waals surface area contributed by atoms with E-state index in [4.69, 9.17) is 15.6 Å². The maximum Gasteiger partial charge on any atom is 0.306 e. The third-order valence-electron chi connectivity index (χ3n) is 5.50. The number of aliphatic carboxylic acids is 1. The first-order valence-corrected chi connectivity index (χ1v) is 12.0. The van der Waals surface area contributed by atoms with Crippen molar-refractivity contribution >= 4 is 17.6 Å². The smallest absolute Gasteiger partial charge is 0.306 e. The van der Waals surface area contributed by atoms with Crippen LogP contribution in [0.3, 0.4) is 0 Å². The minimum absolute atomic E-state index is 0.0289. The molecule has 35 heavy (non-hydrogen) atoms.